The van der Waals surface area contributed by atoms with E-state index in [9.17, 15) is 4.39 Å². The number of aryl methyl sites for hydroxylation is 1. The molecule has 3 heteroatoms. The number of hydrogen-bond donors (Lipinski definition) is 1. The molecule has 1 nitrogen and oxygen atoms in total. The molecule has 0 heterocycles. The van der Waals surface area contributed by atoms with Crippen LogP contribution in [0.1, 0.15) is 25.8 Å². The molecule has 0 saturated heterocycles. The maximum Gasteiger partial charge on any atom is 0.127 e. The lowest BCUT2D eigenvalue weighted by Gasteiger charge is -2.20. The van der Waals surface area contributed by atoms with Crippen LogP contribution in [0.25, 0.3) is 0 Å². The number of hydrogen-bond acceptors (Lipinski definition) is 1. The Morgan fingerprint density at radius 2 is 2.06 bits per heavy atom. The van der Waals surface area contributed by atoms with E-state index in [1.807, 2.05) is 7.05 Å². The van der Waals surface area contributed by atoms with E-state index in [0.717, 1.165) is 18.4 Å². The smallest absolute Gasteiger partial charge is 0.127 e. The molecular weight excluding hydrogens is 225 g/mol. The summed E-state index contributed by atoms with van der Waals surface area (Å²) in [6.45, 7) is 4.33. The molecule has 0 saturated carbocycles. The van der Waals surface area contributed by atoms with Crippen molar-refractivity contribution in [2.45, 2.75) is 32.7 Å². The molecule has 1 aromatic rings. The summed E-state index contributed by atoms with van der Waals surface area (Å²) in [4.78, 5) is 0. The third-order valence-corrected chi connectivity index (χ3v) is 3.15. The molecule has 1 rings (SSSR count). The Morgan fingerprint density at radius 3 is 2.56 bits per heavy atom. The molecule has 1 N–H and O–H groups in total. The van der Waals surface area contributed by atoms with Crippen molar-refractivity contribution < 1.29 is 4.39 Å². The average Bonchev–Trinajstić information content (AvgIpc) is 2.21. The molecule has 1 aromatic carbocycles. The van der Waals surface area contributed by atoms with Crippen LogP contribution >= 0.6 is 11.6 Å². The Labute approximate surface area is 102 Å². The van der Waals surface area contributed by atoms with Crippen molar-refractivity contribution in [1.29, 1.82) is 0 Å². The highest BCUT2D eigenvalue weighted by atomic mass is 35.5. The fourth-order valence-corrected chi connectivity index (χ4v) is 2.01. The van der Waals surface area contributed by atoms with Crippen LogP contribution in [0.2, 0.25) is 5.02 Å². The van der Waals surface area contributed by atoms with Crippen LogP contribution in [0.4, 0.5) is 4.39 Å². The Bertz CT molecular complexity index is 339. The largest absolute Gasteiger partial charge is 0.317 e. The lowest BCUT2D eigenvalue weighted by Crippen LogP contribution is -2.31. The fraction of sp³-hybridized carbons (Fsp3) is 0.538. The van der Waals surface area contributed by atoms with Gasteiger partial charge in [0.05, 0.1) is 0 Å². The quantitative estimate of drug-likeness (QED) is 0.832. The lowest BCUT2D eigenvalue weighted by atomic mass is 9.97. The van der Waals surface area contributed by atoms with Crippen LogP contribution in [0, 0.1) is 11.7 Å². The van der Waals surface area contributed by atoms with E-state index < -0.39 is 0 Å². The van der Waals surface area contributed by atoms with Crippen molar-refractivity contribution in [1.82, 2.24) is 5.32 Å². The summed E-state index contributed by atoms with van der Waals surface area (Å²) < 4.78 is 13.5. The average molecular weight is 244 g/mol. The molecule has 0 aliphatic rings. The first-order chi connectivity index (χ1) is 7.54. The van der Waals surface area contributed by atoms with Gasteiger partial charge in [0.25, 0.3) is 0 Å². The molecule has 0 aliphatic heterocycles. The summed E-state index contributed by atoms with van der Waals surface area (Å²) in [5.74, 6) is 0.353. The van der Waals surface area contributed by atoms with Crippen LogP contribution in [0.15, 0.2) is 18.2 Å². The van der Waals surface area contributed by atoms with Crippen LogP contribution in [0.3, 0.4) is 0 Å². The Hall–Kier alpha value is -0.600. The first kappa shape index (κ1) is 13.5. The van der Waals surface area contributed by atoms with Gasteiger partial charge in [-0.3, -0.25) is 0 Å². The van der Waals surface area contributed by atoms with Crippen molar-refractivity contribution in [3.05, 3.63) is 34.6 Å². The van der Waals surface area contributed by atoms with Crippen molar-refractivity contribution in [3.63, 3.8) is 0 Å². The monoisotopic (exact) mass is 243 g/mol. The predicted molar refractivity (Wildman–Crippen MR) is 67.4 cm³/mol. The third-order valence-electron chi connectivity index (χ3n) is 2.92. The number of benzene rings is 1. The molecule has 16 heavy (non-hydrogen) atoms. The normalized spacial score (nSPS) is 13.1. The highest BCUT2D eigenvalue weighted by Gasteiger charge is 2.12. The number of rotatable bonds is 5. The molecule has 0 amide bonds. The van der Waals surface area contributed by atoms with Gasteiger partial charge in [0.15, 0.2) is 0 Å². The summed E-state index contributed by atoms with van der Waals surface area (Å²) in [6, 6.07) is 5.31. The van der Waals surface area contributed by atoms with E-state index in [0.29, 0.717) is 17.0 Å². The van der Waals surface area contributed by atoms with E-state index in [1.54, 1.807) is 12.1 Å². The summed E-state index contributed by atoms with van der Waals surface area (Å²) in [7, 11) is 1.95. The molecule has 0 fully saturated rings. The summed E-state index contributed by atoms with van der Waals surface area (Å²) in [5, 5.41) is 3.71. The van der Waals surface area contributed by atoms with Crippen molar-refractivity contribution in [3.8, 4) is 0 Å². The number of nitrogens with one attached hydrogen (secondary N) is 1. The predicted octanol–water partition coefficient (Wildman–Crippen LogP) is 3.66. The molecule has 0 spiro atoms. The lowest BCUT2D eigenvalue weighted by molar-refractivity contribution is 0.400. The fourth-order valence-electron chi connectivity index (χ4n) is 1.85. The standard InChI is InChI=1S/C13H19ClFN/c1-9(2)13(16-3)7-5-10-4-6-11(14)8-12(10)15/h4,6,8-9,13,16H,5,7H2,1-3H3. The van der Waals surface area contributed by atoms with Crippen LogP contribution in [0.5, 0.6) is 0 Å². The maximum absolute atomic E-state index is 13.5. The first-order valence-electron chi connectivity index (χ1n) is 5.65. The Balaban J connectivity index is 2.60. The van der Waals surface area contributed by atoms with Gasteiger partial charge in [-0.2, -0.15) is 0 Å². The van der Waals surface area contributed by atoms with Gasteiger partial charge in [-0.25, -0.2) is 4.39 Å². The zero-order valence-corrected chi connectivity index (χ0v) is 10.8. The van der Waals surface area contributed by atoms with E-state index in [-0.39, 0.29) is 5.82 Å². The van der Waals surface area contributed by atoms with Gasteiger partial charge >= 0.3 is 0 Å². The summed E-state index contributed by atoms with van der Waals surface area (Å²) in [5.41, 5.74) is 0.741. The van der Waals surface area contributed by atoms with Gasteiger partial charge in [0.2, 0.25) is 0 Å². The summed E-state index contributed by atoms with van der Waals surface area (Å²) >= 11 is 5.71. The van der Waals surface area contributed by atoms with Crippen LogP contribution < -0.4 is 5.32 Å². The minimum Gasteiger partial charge on any atom is -0.317 e. The first-order valence-corrected chi connectivity index (χ1v) is 6.03. The second-order valence-corrected chi connectivity index (χ2v) is 4.85. The summed E-state index contributed by atoms with van der Waals surface area (Å²) in [6.07, 6.45) is 1.68. The molecule has 0 bridgehead atoms. The minimum atomic E-state index is -0.203. The molecule has 1 atom stereocenters. The van der Waals surface area contributed by atoms with E-state index >= 15 is 0 Å². The van der Waals surface area contributed by atoms with Gasteiger partial charge in [-0.15, -0.1) is 0 Å². The van der Waals surface area contributed by atoms with Crippen LogP contribution in [-0.2, 0) is 6.42 Å². The van der Waals surface area contributed by atoms with Gasteiger partial charge in [0, 0.05) is 11.1 Å². The maximum atomic E-state index is 13.5. The molecular formula is C13H19ClFN. The molecule has 90 valence electrons. The van der Waals surface area contributed by atoms with Gasteiger partial charge in [-0.05, 0) is 43.5 Å². The van der Waals surface area contributed by atoms with Crippen molar-refractivity contribution in [2.75, 3.05) is 7.05 Å². The van der Waals surface area contributed by atoms with Gasteiger partial charge in [-0.1, -0.05) is 31.5 Å². The topological polar surface area (TPSA) is 12.0 Å². The minimum absolute atomic E-state index is 0.203. The highest BCUT2D eigenvalue weighted by Crippen LogP contribution is 2.17. The van der Waals surface area contributed by atoms with E-state index in [4.69, 9.17) is 11.6 Å². The van der Waals surface area contributed by atoms with Gasteiger partial charge in [0.1, 0.15) is 5.82 Å². The second-order valence-electron chi connectivity index (χ2n) is 4.41. The van der Waals surface area contributed by atoms with Crippen LogP contribution in [-0.4, -0.2) is 13.1 Å². The number of halogens is 2. The van der Waals surface area contributed by atoms with Crippen molar-refractivity contribution in [2.24, 2.45) is 5.92 Å². The molecule has 0 aromatic heterocycles. The van der Waals surface area contributed by atoms with Crippen molar-refractivity contribution >= 4 is 11.6 Å². The zero-order chi connectivity index (χ0) is 12.1. The van der Waals surface area contributed by atoms with E-state index in [2.05, 4.69) is 19.2 Å². The third kappa shape index (κ3) is 3.76. The van der Waals surface area contributed by atoms with E-state index in [1.165, 1.54) is 6.07 Å². The molecule has 1 unspecified atom stereocenters. The Kier molecular flexibility index (Phi) is 5.23. The van der Waals surface area contributed by atoms with Gasteiger partial charge < -0.3 is 5.32 Å². The molecule has 0 aliphatic carbocycles. The zero-order valence-electron chi connectivity index (χ0n) is 10.1. The second kappa shape index (κ2) is 6.21. The molecule has 0 radical (unpaired) electrons. The highest BCUT2D eigenvalue weighted by molar-refractivity contribution is 6.30. The Morgan fingerprint density at radius 1 is 1.38 bits per heavy atom. The SMILES string of the molecule is CNC(CCc1ccc(Cl)cc1F)C(C)C.